The van der Waals surface area contributed by atoms with Gasteiger partial charge in [-0.2, -0.15) is 0 Å². The van der Waals surface area contributed by atoms with Crippen molar-refractivity contribution in [2.24, 2.45) is 0 Å². The summed E-state index contributed by atoms with van der Waals surface area (Å²) in [5.41, 5.74) is 1.91. The maximum absolute atomic E-state index is 9.98. The van der Waals surface area contributed by atoms with E-state index < -0.39 is 6.10 Å². The number of nitrogens with zero attached hydrogens (tertiary/aromatic N) is 1. The summed E-state index contributed by atoms with van der Waals surface area (Å²) in [6, 6.07) is 3.90. The van der Waals surface area contributed by atoms with E-state index in [0.717, 1.165) is 37.1 Å². The molecule has 1 fully saturated rings. The van der Waals surface area contributed by atoms with Crippen molar-refractivity contribution in [2.75, 3.05) is 6.61 Å². The topological polar surface area (TPSA) is 42.4 Å². The van der Waals surface area contributed by atoms with Gasteiger partial charge in [-0.1, -0.05) is 6.07 Å². The average molecular weight is 235 g/mol. The van der Waals surface area contributed by atoms with Crippen molar-refractivity contribution in [1.82, 2.24) is 4.98 Å². The van der Waals surface area contributed by atoms with Gasteiger partial charge in [0, 0.05) is 12.8 Å². The van der Waals surface area contributed by atoms with E-state index in [2.05, 4.69) is 4.98 Å². The lowest BCUT2D eigenvalue weighted by Gasteiger charge is -2.12. The molecule has 2 unspecified atom stereocenters. The summed E-state index contributed by atoms with van der Waals surface area (Å²) in [6.07, 6.45) is 7.00. The lowest BCUT2D eigenvalue weighted by Crippen LogP contribution is -2.06. The number of rotatable bonds is 5. The maximum Gasteiger partial charge on any atom is 0.0959 e. The predicted molar refractivity (Wildman–Crippen MR) is 66.8 cm³/mol. The van der Waals surface area contributed by atoms with Gasteiger partial charge in [-0.05, 0) is 50.7 Å². The lowest BCUT2D eigenvalue weighted by molar-refractivity contribution is 0.0939. The fourth-order valence-corrected chi connectivity index (χ4v) is 2.24. The molecule has 17 heavy (non-hydrogen) atoms. The average Bonchev–Trinajstić information content (AvgIpc) is 2.83. The molecule has 1 aliphatic heterocycles. The number of aliphatic hydroxyl groups is 1. The van der Waals surface area contributed by atoms with Crippen molar-refractivity contribution in [1.29, 1.82) is 0 Å². The van der Waals surface area contributed by atoms with Crippen LogP contribution in [0.1, 0.15) is 49.5 Å². The normalized spacial score (nSPS) is 21.6. The van der Waals surface area contributed by atoms with Gasteiger partial charge in [0.1, 0.15) is 0 Å². The highest BCUT2D eigenvalue weighted by molar-refractivity contribution is 5.13. The van der Waals surface area contributed by atoms with Gasteiger partial charge in [0.2, 0.25) is 0 Å². The Balaban J connectivity index is 1.72. The zero-order chi connectivity index (χ0) is 12.1. The molecule has 1 aromatic heterocycles. The monoisotopic (exact) mass is 235 g/mol. The first-order chi connectivity index (χ1) is 8.25. The Morgan fingerprint density at radius 3 is 3.06 bits per heavy atom. The molecule has 0 aromatic carbocycles. The number of hydrogen-bond acceptors (Lipinski definition) is 3. The first-order valence-electron chi connectivity index (χ1n) is 6.48. The van der Waals surface area contributed by atoms with Gasteiger partial charge in [-0.15, -0.1) is 0 Å². The minimum Gasteiger partial charge on any atom is -0.387 e. The molecule has 94 valence electrons. The van der Waals surface area contributed by atoms with E-state index in [-0.39, 0.29) is 0 Å². The van der Waals surface area contributed by atoms with E-state index in [1.807, 2.05) is 19.1 Å². The summed E-state index contributed by atoms with van der Waals surface area (Å²) in [5.74, 6) is 0. The maximum atomic E-state index is 9.98. The highest BCUT2D eigenvalue weighted by atomic mass is 16.5. The van der Waals surface area contributed by atoms with Crippen LogP contribution in [-0.4, -0.2) is 22.8 Å². The van der Waals surface area contributed by atoms with Gasteiger partial charge >= 0.3 is 0 Å². The molecule has 0 bridgehead atoms. The number of hydrogen-bond donors (Lipinski definition) is 1. The third-order valence-corrected chi connectivity index (χ3v) is 3.30. The van der Waals surface area contributed by atoms with Crippen LogP contribution in [0.4, 0.5) is 0 Å². The molecule has 2 heterocycles. The first kappa shape index (κ1) is 12.5. The standard InChI is InChI=1S/C14H21NO2/c1-11-7-8-13(15-10-11)14(16)6-2-4-12-5-3-9-17-12/h7-8,10,12,14,16H,2-6,9H2,1H3. The lowest BCUT2D eigenvalue weighted by atomic mass is 10.0. The van der Waals surface area contributed by atoms with Crippen LogP contribution in [0.25, 0.3) is 0 Å². The molecule has 1 aliphatic rings. The van der Waals surface area contributed by atoms with E-state index >= 15 is 0 Å². The molecule has 0 radical (unpaired) electrons. The Hall–Kier alpha value is -0.930. The molecule has 0 saturated carbocycles. The fourth-order valence-electron chi connectivity index (χ4n) is 2.24. The van der Waals surface area contributed by atoms with E-state index in [4.69, 9.17) is 4.74 Å². The molecule has 1 N–H and O–H groups in total. The van der Waals surface area contributed by atoms with Crippen LogP contribution < -0.4 is 0 Å². The number of ether oxygens (including phenoxy) is 1. The molecule has 0 aliphatic carbocycles. The molecule has 1 saturated heterocycles. The predicted octanol–water partition coefficient (Wildman–Crippen LogP) is 2.77. The van der Waals surface area contributed by atoms with E-state index in [1.165, 1.54) is 12.8 Å². The van der Waals surface area contributed by atoms with E-state index in [0.29, 0.717) is 6.10 Å². The van der Waals surface area contributed by atoms with Gasteiger partial charge in [0.05, 0.1) is 17.9 Å². The number of aromatic nitrogens is 1. The largest absolute Gasteiger partial charge is 0.387 e. The molecule has 3 heteroatoms. The Morgan fingerprint density at radius 1 is 1.53 bits per heavy atom. The van der Waals surface area contributed by atoms with Crippen molar-refractivity contribution in [2.45, 2.75) is 51.2 Å². The molecular weight excluding hydrogens is 214 g/mol. The summed E-state index contributed by atoms with van der Waals surface area (Å²) in [4.78, 5) is 4.25. The van der Waals surface area contributed by atoms with Crippen molar-refractivity contribution in [3.63, 3.8) is 0 Å². The van der Waals surface area contributed by atoms with Crippen molar-refractivity contribution >= 4 is 0 Å². The summed E-state index contributed by atoms with van der Waals surface area (Å²) in [6.45, 7) is 2.91. The Morgan fingerprint density at radius 2 is 2.41 bits per heavy atom. The Kier molecular flexibility index (Phi) is 4.51. The van der Waals surface area contributed by atoms with Crippen LogP contribution >= 0.6 is 0 Å². The van der Waals surface area contributed by atoms with Crippen LogP contribution in [-0.2, 0) is 4.74 Å². The van der Waals surface area contributed by atoms with Crippen molar-refractivity contribution in [3.8, 4) is 0 Å². The molecule has 2 rings (SSSR count). The van der Waals surface area contributed by atoms with Gasteiger partial charge in [-0.3, -0.25) is 4.98 Å². The fraction of sp³-hybridized carbons (Fsp3) is 0.643. The molecule has 2 atom stereocenters. The second kappa shape index (κ2) is 6.12. The van der Waals surface area contributed by atoms with Crippen LogP contribution in [0.2, 0.25) is 0 Å². The zero-order valence-electron chi connectivity index (χ0n) is 10.4. The molecule has 3 nitrogen and oxygen atoms in total. The molecule has 0 amide bonds. The van der Waals surface area contributed by atoms with Gasteiger partial charge in [0.25, 0.3) is 0 Å². The third kappa shape index (κ3) is 3.79. The highest BCUT2D eigenvalue weighted by Gasteiger charge is 2.16. The van der Waals surface area contributed by atoms with Crippen molar-refractivity contribution in [3.05, 3.63) is 29.6 Å². The summed E-state index contributed by atoms with van der Waals surface area (Å²) in [5, 5.41) is 9.98. The second-order valence-electron chi connectivity index (χ2n) is 4.84. The van der Waals surface area contributed by atoms with Crippen molar-refractivity contribution < 1.29 is 9.84 Å². The first-order valence-corrected chi connectivity index (χ1v) is 6.48. The smallest absolute Gasteiger partial charge is 0.0959 e. The minimum atomic E-state index is -0.433. The van der Waals surface area contributed by atoms with E-state index in [1.54, 1.807) is 6.20 Å². The minimum absolute atomic E-state index is 0.424. The van der Waals surface area contributed by atoms with Gasteiger partial charge in [0.15, 0.2) is 0 Å². The zero-order valence-corrected chi connectivity index (χ0v) is 10.4. The summed E-state index contributed by atoms with van der Waals surface area (Å²) >= 11 is 0. The van der Waals surface area contributed by atoms with Crippen LogP contribution in [0.15, 0.2) is 18.3 Å². The Labute approximate surface area is 103 Å². The quantitative estimate of drug-likeness (QED) is 0.853. The Bertz CT molecular complexity index is 331. The van der Waals surface area contributed by atoms with Crippen LogP contribution in [0, 0.1) is 6.92 Å². The summed E-state index contributed by atoms with van der Waals surface area (Å²) < 4.78 is 5.56. The SMILES string of the molecule is Cc1ccc(C(O)CCCC2CCCO2)nc1. The molecule has 0 spiro atoms. The number of aryl methyl sites for hydroxylation is 1. The third-order valence-electron chi connectivity index (χ3n) is 3.30. The number of aliphatic hydroxyl groups excluding tert-OH is 1. The van der Waals surface area contributed by atoms with E-state index in [9.17, 15) is 5.11 Å². The molecule has 1 aromatic rings. The molecular formula is C14H21NO2. The van der Waals surface area contributed by atoms with Crippen LogP contribution in [0.3, 0.4) is 0 Å². The van der Waals surface area contributed by atoms with Crippen LogP contribution in [0.5, 0.6) is 0 Å². The highest BCUT2D eigenvalue weighted by Crippen LogP contribution is 2.22. The number of pyridine rings is 1. The van der Waals surface area contributed by atoms with Gasteiger partial charge in [-0.25, -0.2) is 0 Å². The second-order valence-corrected chi connectivity index (χ2v) is 4.84. The van der Waals surface area contributed by atoms with Gasteiger partial charge < -0.3 is 9.84 Å². The summed E-state index contributed by atoms with van der Waals surface area (Å²) in [7, 11) is 0.